The third kappa shape index (κ3) is 8.02. The molecule has 0 saturated heterocycles. The van der Waals surface area contributed by atoms with Gasteiger partial charge in [0.2, 0.25) is 21.8 Å². The van der Waals surface area contributed by atoms with Gasteiger partial charge in [-0.1, -0.05) is 42.3 Å². The molecule has 0 bridgehead atoms. The number of nitrogens with zero attached hydrogens (tertiary/aromatic N) is 2. The zero-order valence-electron chi connectivity index (χ0n) is 20.4. The fraction of sp³-hybridized carbons (Fsp3) is 0.417. The molecule has 0 aromatic heterocycles. The predicted octanol–water partition coefficient (Wildman–Crippen LogP) is 4.10. The van der Waals surface area contributed by atoms with Crippen LogP contribution in [0.2, 0.25) is 10.0 Å². The molecular weight excluding hydrogens is 513 g/mol. The van der Waals surface area contributed by atoms with E-state index in [1.54, 1.807) is 38.3 Å². The van der Waals surface area contributed by atoms with E-state index >= 15 is 0 Å². The van der Waals surface area contributed by atoms with Crippen LogP contribution >= 0.6 is 23.2 Å². The van der Waals surface area contributed by atoms with Crippen LogP contribution in [0.3, 0.4) is 0 Å². The van der Waals surface area contributed by atoms with Crippen molar-refractivity contribution >= 4 is 50.7 Å². The van der Waals surface area contributed by atoms with Crippen LogP contribution in [0.25, 0.3) is 0 Å². The van der Waals surface area contributed by atoms with E-state index in [0.29, 0.717) is 5.75 Å². The second-order valence-electron chi connectivity index (χ2n) is 8.23. The number of hydrogen-bond donors (Lipinski definition) is 1. The lowest BCUT2D eigenvalue weighted by Gasteiger charge is -2.32. The quantitative estimate of drug-likeness (QED) is 0.460. The highest BCUT2D eigenvalue weighted by atomic mass is 35.5. The first-order valence-electron chi connectivity index (χ1n) is 11.0. The van der Waals surface area contributed by atoms with Crippen molar-refractivity contribution in [3.05, 3.63) is 58.1 Å². The van der Waals surface area contributed by atoms with E-state index in [0.717, 1.165) is 22.5 Å². The minimum Gasteiger partial charge on any atom is -0.497 e. The average molecular weight is 545 g/mol. The second kappa shape index (κ2) is 12.5. The molecule has 2 aromatic rings. The van der Waals surface area contributed by atoms with Gasteiger partial charge >= 0.3 is 0 Å². The summed E-state index contributed by atoms with van der Waals surface area (Å²) in [6.45, 7) is 5.00. The molecule has 1 N–H and O–H groups in total. The van der Waals surface area contributed by atoms with E-state index in [9.17, 15) is 18.0 Å². The molecule has 0 fully saturated rings. The lowest BCUT2D eigenvalue weighted by atomic mass is 10.1. The van der Waals surface area contributed by atoms with Gasteiger partial charge in [-0.15, -0.1) is 0 Å². The summed E-state index contributed by atoms with van der Waals surface area (Å²) in [6.07, 6.45) is 1.72. The first-order valence-corrected chi connectivity index (χ1v) is 13.6. The van der Waals surface area contributed by atoms with E-state index in [4.69, 9.17) is 27.9 Å². The molecule has 2 rings (SSSR count). The number of carbonyl (C=O) groups is 2. The molecule has 0 saturated carbocycles. The molecule has 0 spiro atoms. The normalized spacial score (nSPS) is 13.0. The van der Waals surface area contributed by atoms with Crippen LogP contribution in [0.5, 0.6) is 5.75 Å². The zero-order valence-corrected chi connectivity index (χ0v) is 22.7. The maximum atomic E-state index is 13.5. The fourth-order valence-electron chi connectivity index (χ4n) is 3.23. The Morgan fingerprint density at radius 2 is 1.69 bits per heavy atom. The lowest BCUT2D eigenvalue weighted by molar-refractivity contribution is -0.139. The maximum Gasteiger partial charge on any atom is 0.244 e. The molecule has 0 aliphatic carbocycles. The predicted molar refractivity (Wildman–Crippen MR) is 140 cm³/mol. The third-order valence-electron chi connectivity index (χ3n) is 5.55. The molecule has 192 valence electrons. The number of methoxy groups -OCH3 is 1. The monoisotopic (exact) mass is 543 g/mol. The summed E-state index contributed by atoms with van der Waals surface area (Å²) in [4.78, 5) is 27.8. The Balaban J connectivity index is 2.40. The number of carbonyl (C=O) groups excluding carboxylic acids is 2. The van der Waals surface area contributed by atoms with E-state index < -0.39 is 28.5 Å². The van der Waals surface area contributed by atoms with E-state index in [-0.39, 0.29) is 34.2 Å². The highest BCUT2D eigenvalue weighted by Crippen LogP contribution is 2.28. The van der Waals surface area contributed by atoms with Gasteiger partial charge in [0.25, 0.3) is 0 Å². The summed E-state index contributed by atoms with van der Waals surface area (Å²) in [7, 11) is -2.31. The number of amides is 2. The molecule has 35 heavy (non-hydrogen) atoms. The molecule has 8 nitrogen and oxygen atoms in total. The van der Waals surface area contributed by atoms with Crippen molar-refractivity contribution in [3.8, 4) is 5.75 Å². The van der Waals surface area contributed by atoms with Crippen molar-refractivity contribution in [3.63, 3.8) is 0 Å². The molecule has 0 aliphatic rings. The number of nitrogens with one attached hydrogen (secondary N) is 1. The highest BCUT2D eigenvalue weighted by molar-refractivity contribution is 7.92. The SMILES string of the molecule is CC[C@@H](C)NC(=O)[C@H](C)N(Cc1ccc(OC)cc1)C(=O)CN(c1ccc(Cl)c(Cl)c1)S(C)(=O)=O. The van der Waals surface area contributed by atoms with Gasteiger partial charge in [0.05, 0.1) is 29.1 Å². The van der Waals surface area contributed by atoms with Gasteiger partial charge in [-0.25, -0.2) is 8.42 Å². The first-order chi connectivity index (χ1) is 16.4. The van der Waals surface area contributed by atoms with Crippen molar-refractivity contribution in [2.75, 3.05) is 24.2 Å². The van der Waals surface area contributed by atoms with Crippen molar-refractivity contribution in [1.82, 2.24) is 10.2 Å². The van der Waals surface area contributed by atoms with Gasteiger partial charge in [0.1, 0.15) is 18.3 Å². The summed E-state index contributed by atoms with van der Waals surface area (Å²) >= 11 is 12.1. The summed E-state index contributed by atoms with van der Waals surface area (Å²) < 4.78 is 31.3. The maximum absolute atomic E-state index is 13.5. The molecule has 0 heterocycles. The number of benzene rings is 2. The van der Waals surface area contributed by atoms with E-state index in [1.807, 2.05) is 13.8 Å². The molecule has 2 amide bonds. The minimum atomic E-state index is -3.86. The number of anilines is 1. The Morgan fingerprint density at radius 1 is 1.06 bits per heavy atom. The average Bonchev–Trinajstić information content (AvgIpc) is 2.81. The molecule has 2 atom stereocenters. The molecule has 2 aromatic carbocycles. The third-order valence-corrected chi connectivity index (χ3v) is 7.43. The summed E-state index contributed by atoms with van der Waals surface area (Å²) in [5.74, 6) is -0.233. The Bertz CT molecular complexity index is 1140. The van der Waals surface area contributed by atoms with Crippen molar-refractivity contribution in [2.45, 2.75) is 45.8 Å². The van der Waals surface area contributed by atoms with Crippen molar-refractivity contribution < 1.29 is 22.7 Å². The summed E-state index contributed by atoms with van der Waals surface area (Å²) in [6, 6.07) is 10.4. The summed E-state index contributed by atoms with van der Waals surface area (Å²) in [5, 5.41) is 3.29. The second-order valence-corrected chi connectivity index (χ2v) is 11.0. The highest BCUT2D eigenvalue weighted by Gasteiger charge is 2.30. The molecular formula is C24H31Cl2N3O5S. The first kappa shape index (κ1) is 28.7. The van der Waals surface area contributed by atoms with Gasteiger partial charge in [-0.2, -0.15) is 0 Å². The van der Waals surface area contributed by atoms with Crippen LogP contribution in [0.4, 0.5) is 5.69 Å². The zero-order chi connectivity index (χ0) is 26.3. The smallest absolute Gasteiger partial charge is 0.244 e. The van der Waals surface area contributed by atoms with Gasteiger partial charge in [0, 0.05) is 12.6 Å². The van der Waals surface area contributed by atoms with Crippen LogP contribution < -0.4 is 14.4 Å². The fourth-order valence-corrected chi connectivity index (χ4v) is 4.36. The Labute approximate surface area is 217 Å². The number of ether oxygens (including phenoxy) is 1. The van der Waals surface area contributed by atoms with Crippen LogP contribution in [0, 0.1) is 0 Å². The largest absolute Gasteiger partial charge is 0.497 e. The van der Waals surface area contributed by atoms with Gasteiger partial charge in [-0.3, -0.25) is 13.9 Å². The van der Waals surface area contributed by atoms with Crippen LogP contribution in [-0.4, -0.2) is 57.1 Å². The Morgan fingerprint density at radius 3 is 2.20 bits per heavy atom. The number of hydrogen-bond acceptors (Lipinski definition) is 5. The lowest BCUT2D eigenvalue weighted by Crippen LogP contribution is -2.52. The number of halogens is 2. The molecule has 0 radical (unpaired) electrons. The van der Waals surface area contributed by atoms with Gasteiger partial charge in [0.15, 0.2) is 0 Å². The van der Waals surface area contributed by atoms with Crippen molar-refractivity contribution in [1.29, 1.82) is 0 Å². The standard InChI is InChI=1S/C24H31Cl2N3O5S/c1-6-16(2)27-24(31)17(3)28(14-18-7-10-20(34-4)11-8-18)23(30)15-29(35(5,32)33)19-9-12-21(25)22(26)13-19/h7-13,16-17H,6,14-15H2,1-5H3,(H,27,31)/t16-,17+/m1/s1. The molecule has 0 unspecified atom stereocenters. The van der Waals surface area contributed by atoms with Crippen LogP contribution in [0.1, 0.15) is 32.8 Å². The molecule has 0 aliphatic heterocycles. The van der Waals surface area contributed by atoms with E-state index in [2.05, 4.69) is 5.32 Å². The van der Waals surface area contributed by atoms with Crippen LogP contribution in [-0.2, 0) is 26.2 Å². The number of rotatable bonds is 11. The topological polar surface area (TPSA) is 96.0 Å². The summed E-state index contributed by atoms with van der Waals surface area (Å²) in [5.41, 5.74) is 0.944. The van der Waals surface area contributed by atoms with E-state index in [1.165, 1.54) is 23.1 Å². The van der Waals surface area contributed by atoms with Crippen molar-refractivity contribution in [2.24, 2.45) is 0 Å². The minimum absolute atomic E-state index is 0.0772. The van der Waals surface area contributed by atoms with Gasteiger partial charge in [-0.05, 0) is 56.2 Å². The Hall–Kier alpha value is -2.49. The van der Waals surface area contributed by atoms with Crippen LogP contribution in [0.15, 0.2) is 42.5 Å². The molecule has 11 heteroatoms. The Kier molecular flexibility index (Phi) is 10.2. The van der Waals surface area contributed by atoms with Gasteiger partial charge < -0.3 is 15.0 Å². The number of sulfonamides is 1.